The summed E-state index contributed by atoms with van der Waals surface area (Å²) in [5.41, 5.74) is 7.22. The summed E-state index contributed by atoms with van der Waals surface area (Å²) in [7, 11) is 0. The van der Waals surface area contributed by atoms with Crippen molar-refractivity contribution < 1.29 is 19.1 Å². The number of carbonyl (C=O) groups is 2. The van der Waals surface area contributed by atoms with Gasteiger partial charge in [-0.3, -0.25) is 14.4 Å². The number of carbonyl (C=O) groups excluding carboxylic acids is 2. The van der Waals surface area contributed by atoms with Gasteiger partial charge in [0.2, 0.25) is 0 Å². The highest BCUT2D eigenvalue weighted by Crippen LogP contribution is 2.62. The van der Waals surface area contributed by atoms with E-state index in [0.717, 1.165) is 36.8 Å². The van der Waals surface area contributed by atoms with Crippen molar-refractivity contribution in [2.24, 2.45) is 17.1 Å². The number of nitrogens with one attached hydrogen (secondary N) is 2. The highest BCUT2D eigenvalue weighted by atomic mass is 16.6. The number of hydrogen-bond acceptors (Lipinski definition) is 8. The van der Waals surface area contributed by atoms with Gasteiger partial charge in [0.1, 0.15) is 24.0 Å². The molecule has 3 heterocycles. The minimum absolute atomic E-state index is 0.0268. The third-order valence-corrected chi connectivity index (χ3v) is 8.85. The van der Waals surface area contributed by atoms with Crippen LogP contribution in [0.5, 0.6) is 5.75 Å². The predicted octanol–water partition coefficient (Wildman–Crippen LogP) is 3.71. The van der Waals surface area contributed by atoms with Gasteiger partial charge in [-0.05, 0) is 69.1 Å². The van der Waals surface area contributed by atoms with Crippen molar-refractivity contribution >= 4 is 28.2 Å². The molecule has 2 fully saturated rings. The minimum Gasteiger partial charge on any atom is -0.488 e. The van der Waals surface area contributed by atoms with Crippen molar-refractivity contribution in [2.45, 2.75) is 77.0 Å². The Balaban J connectivity index is 1.02. The fraction of sp³-hybridized carbons (Fsp3) is 0.469. The molecular weight excluding hydrogens is 548 g/mol. The van der Waals surface area contributed by atoms with Crippen molar-refractivity contribution in [2.75, 3.05) is 6.61 Å². The lowest BCUT2D eigenvalue weighted by Gasteiger charge is -2.57. The Kier molecular flexibility index (Phi) is 7.24. The smallest absolute Gasteiger partial charge is 0.323 e. The van der Waals surface area contributed by atoms with Gasteiger partial charge in [-0.25, -0.2) is 9.61 Å². The van der Waals surface area contributed by atoms with Crippen molar-refractivity contribution in [1.82, 2.24) is 25.1 Å². The summed E-state index contributed by atoms with van der Waals surface area (Å²) in [5, 5.41) is 16.2. The monoisotopic (exact) mass is 586 g/mol. The molecule has 6 rings (SSSR count). The van der Waals surface area contributed by atoms with Crippen LogP contribution in [0, 0.1) is 11.3 Å². The number of benzene rings is 1. The van der Waals surface area contributed by atoms with E-state index in [4.69, 9.17) is 15.2 Å². The lowest BCUT2D eigenvalue weighted by molar-refractivity contribution is -0.161. The van der Waals surface area contributed by atoms with Gasteiger partial charge in [-0.15, -0.1) is 0 Å². The molecule has 2 aliphatic rings. The number of aromatic amines is 1. The lowest BCUT2D eigenvalue weighted by Crippen LogP contribution is -2.55. The van der Waals surface area contributed by atoms with Gasteiger partial charge in [0.05, 0.1) is 34.6 Å². The van der Waals surface area contributed by atoms with Crippen molar-refractivity contribution in [3.8, 4) is 5.75 Å². The summed E-state index contributed by atoms with van der Waals surface area (Å²) < 4.78 is 13.1. The Morgan fingerprint density at radius 3 is 2.58 bits per heavy atom. The maximum atomic E-state index is 13.2. The van der Waals surface area contributed by atoms with Crippen molar-refractivity contribution in [3.05, 3.63) is 70.4 Å². The summed E-state index contributed by atoms with van der Waals surface area (Å²) in [6.45, 7) is 7.40. The first-order valence-electron chi connectivity index (χ1n) is 14.8. The molecule has 0 saturated heterocycles. The molecule has 226 valence electrons. The van der Waals surface area contributed by atoms with Gasteiger partial charge in [-0.2, -0.15) is 10.2 Å². The summed E-state index contributed by atoms with van der Waals surface area (Å²) in [5.74, 6) is 0.202. The Morgan fingerprint density at radius 2 is 1.86 bits per heavy atom. The van der Waals surface area contributed by atoms with Gasteiger partial charge in [0.15, 0.2) is 0 Å². The van der Waals surface area contributed by atoms with Crippen LogP contribution in [0.2, 0.25) is 0 Å². The molecule has 0 radical (unpaired) electrons. The van der Waals surface area contributed by atoms with Crippen LogP contribution in [0.1, 0.15) is 75.3 Å². The average molecular weight is 587 g/mol. The number of hydrogen-bond donors (Lipinski definition) is 3. The molecule has 2 aliphatic carbocycles. The Hall–Kier alpha value is -4.25. The first kappa shape index (κ1) is 28.9. The Bertz CT molecular complexity index is 1740. The zero-order valence-corrected chi connectivity index (χ0v) is 24.9. The zero-order chi connectivity index (χ0) is 30.5. The van der Waals surface area contributed by atoms with Crippen LogP contribution in [-0.4, -0.2) is 56.0 Å². The topological polar surface area (TPSA) is 154 Å². The fourth-order valence-corrected chi connectivity index (χ4v) is 6.43. The first-order valence-corrected chi connectivity index (χ1v) is 14.8. The van der Waals surface area contributed by atoms with E-state index >= 15 is 0 Å². The normalized spacial score (nSPS) is 22.3. The van der Waals surface area contributed by atoms with Gasteiger partial charge < -0.3 is 20.5 Å². The molecule has 43 heavy (non-hydrogen) atoms. The molecule has 4 aromatic rings. The summed E-state index contributed by atoms with van der Waals surface area (Å²) in [6, 6.07) is 10.6. The number of H-pyrrole nitrogens is 1. The third kappa shape index (κ3) is 5.61. The van der Waals surface area contributed by atoms with Crippen LogP contribution in [-0.2, 0) is 9.53 Å². The summed E-state index contributed by atoms with van der Waals surface area (Å²) in [4.78, 5) is 37.6. The van der Waals surface area contributed by atoms with Crippen molar-refractivity contribution in [1.29, 1.82) is 0 Å². The number of pyridine rings is 1. The van der Waals surface area contributed by atoms with E-state index in [9.17, 15) is 14.4 Å². The SMILES string of the molecule is CC(C)[C@H](N)C(=O)OC(C)(C)COc1ccc2c(C(=O)N[C@H]3CC4(C3)C[C@H](c3n[nH]c(=O)c5ccccc53)C4)cnn2c1. The van der Waals surface area contributed by atoms with Crippen LogP contribution in [0.25, 0.3) is 16.3 Å². The molecule has 1 amide bonds. The van der Waals surface area contributed by atoms with Gasteiger partial charge >= 0.3 is 5.97 Å². The quantitative estimate of drug-likeness (QED) is 0.251. The molecular formula is C32H38N6O5. The second kappa shape index (κ2) is 10.8. The molecule has 11 heteroatoms. The zero-order valence-electron chi connectivity index (χ0n) is 24.9. The largest absolute Gasteiger partial charge is 0.488 e. The van der Waals surface area contributed by atoms with Crippen LogP contribution < -0.4 is 21.3 Å². The third-order valence-electron chi connectivity index (χ3n) is 8.85. The maximum absolute atomic E-state index is 13.2. The molecule has 0 aliphatic heterocycles. The van der Waals surface area contributed by atoms with E-state index in [2.05, 4.69) is 20.6 Å². The standard InChI is InChI=1S/C32H38N6O5/c1-18(2)26(33)30(41)43-31(3,4)17-42-21-9-10-25-24(15-34-38(25)16-21)28(39)35-20-13-32(14-20)11-19(12-32)27-22-7-5-6-8-23(22)29(40)37-36-27/h5-10,15-16,18-20,26H,11-14,17,33H2,1-4H3,(H,35,39)(H,37,40)/t19-,20-,26-,32?/m0/s1. The molecule has 1 atom stereocenters. The number of amides is 1. The second-order valence-corrected chi connectivity index (χ2v) is 13.2. The number of nitrogens with zero attached hydrogens (tertiary/aromatic N) is 3. The Labute approximate surface area is 249 Å². The number of fused-ring (bicyclic) bond motifs is 2. The molecule has 1 spiro atoms. The van der Waals surface area contributed by atoms with Crippen LogP contribution >= 0.6 is 0 Å². The minimum atomic E-state index is -0.876. The van der Waals surface area contributed by atoms with E-state index in [1.54, 1.807) is 42.9 Å². The highest BCUT2D eigenvalue weighted by Gasteiger charge is 2.54. The van der Waals surface area contributed by atoms with E-state index in [1.165, 1.54) is 0 Å². The van der Waals surface area contributed by atoms with Crippen LogP contribution in [0.15, 0.2) is 53.6 Å². The maximum Gasteiger partial charge on any atom is 0.323 e. The number of rotatable bonds is 9. The van der Waals surface area contributed by atoms with Gasteiger partial charge in [0, 0.05) is 17.3 Å². The number of aromatic nitrogens is 4. The predicted molar refractivity (Wildman–Crippen MR) is 161 cm³/mol. The summed E-state index contributed by atoms with van der Waals surface area (Å²) in [6.07, 6.45) is 7.12. The molecule has 1 aromatic carbocycles. The van der Waals surface area contributed by atoms with Gasteiger partial charge in [0.25, 0.3) is 11.5 Å². The number of ether oxygens (including phenoxy) is 2. The number of nitrogens with two attached hydrogens (primary N) is 1. The molecule has 4 N–H and O–H groups in total. The first-order chi connectivity index (χ1) is 20.4. The van der Waals surface area contributed by atoms with Crippen LogP contribution in [0.4, 0.5) is 0 Å². The van der Waals surface area contributed by atoms with Crippen molar-refractivity contribution in [3.63, 3.8) is 0 Å². The van der Waals surface area contributed by atoms with Gasteiger partial charge in [-0.1, -0.05) is 32.0 Å². The van der Waals surface area contributed by atoms with E-state index in [1.807, 2.05) is 38.1 Å². The lowest BCUT2D eigenvalue weighted by atomic mass is 9.49. The summed E-state index contributed by atoms with van der Waals surface area (Å²) >= 11 is 0. The average Bonchev–Trinajstić information content (AvgIpc) is 3.36. The van der Waals surface area contributed by atoms with E-state index < -0.39 is 17.6 Å². The molecule has 0 bridgehead atoms. The number of esters is 1. The molecule has 11 nitrogen and oxygen atoms in total. The van der Waals surface area contributed by atoms with E-state index in [-0.39, 0.29) is 35.4 Å². The molecule has 3 aromatic heterocycles. The molecule has 2 saturated carbocycles. The van der Waals surface area contributed by atoms with E-state index in [0.29, 0.717) is 28.1 Å². The molecule has 0 unspecified atom stereocenters. The Morgan fingerprint density at radius 1 is 1.14 bits per heavy atom. The fourth-order valence-electron chi connectivity index (χ4n) is 6.43. The highest BCUT2D eigenvalue weighted by molar-refractivity contribution is 6.00. The van der Waals surface area contributed by atoms with Crippen LogP contribution in [0.3, 0.4) is 0 Å². The second-order valence-electron chi connectivity index (χ2n) is 13.2.